The van der Waals surface area contributed by atoms with Crippen molar-refractivity contribution in [3.63, 3.8) is 0 Å². The predicted octanol–water partition coefficient (Wildman–Crippen LogP) is -1.20. The molecule has 0 bridgehead atoms. The number of aliphatic hydroxyl groups is 1. The molecule has 1 aliphatic heterocycles. The van der Waals surface area contributed by atoms with E-state index in [0.29, 0.717) is 19.5 Å². The first-order chi connectivity index (χ1) is 5.24. The number of carbonyl (C=O) groups excluding carboxylic acids is 1. The van der Waals surface area contributed by atoms with Crippen LogP contribution in [0.15, 0.2) is 0 Å². The zero-order valence-electron chi connectivity index (χ0n) is 6.71. The first-order valence-electron chi connectivity index (χ1n) is 3.82. The molecular formula is C7H14N2O2. The van der Waals surface area contributed by atoms with Crippen molar-refractivity contribution in [3.8, 4) is 0 Å². The average molecular weight is 158 g/mol. The largest absolute Gasteiger partial charge is 0.395 e. The van der Waals surface area contributed by atoms with Crippen molar-refractivity contribution >= 4 is 5.91 Å². The molecule has 0 aromatic heterocycles. The first kappa shape index (κ1) is 8.49. The number of rotatable bonds is 1. The molecule has 1 amide bonds. The highest BCUT2D eigenvalue weighted by Gasteiger charge is 2.18. The topological polar surface area (TPSA) is 52.6 Å². The molecule has 1 aliphatic rings. The summed E-state index contributed by atoms with van der Waals surface area (Å²) in [6.45, 7) is 1.38. The van der Waals surface area contributed by atoms with Crippen LogP contribution in [0.4, 0.5) is 0 Å². The minimum absolute atomic E-state index is 0.0476. The predicted molar refractivity (Wildman–Crippen MR) is 41.1 cm³/mol. The van der Waals surface area contributed by atoms with Gasteiger partial charge in [-0.2, -0.15) is 0 Å². The van der Waals surface area contributed by atoms with E-state index in [4.69, 9.17) is 5.11 Å². The Labute approximate surface area is 66.2 Å². The monoisotopic (exact) mass is 158 g/mol. The Morgan fingerprint density at radius 3 is 3.18 bits per heavy atom. The SMILES string of the molecule is CN1C[C@H](CO)NCCC1=O. The van der Waals surface area contributed by atoms with E-state index < -0.39 is 0 Å². The number of amides is 1. The summed E-state index contributed by atoms with van der Waals surface area (Å²) in [4.78, 5) is 12.7. The number of hydrogen-bond donors (Lipinski definition) is 2. The maximum Gasteiger partial charge on any atom is 0.223 e. The van der Waals surface area contributed by atoms with E-state index in [1.165, 1.54) is 0 Å². The summed E-state index contributed by atoms with van der Waals surface area (Å²) in [5.41, 5.74) is 0. The van der Waals surface area contributed by atoms with Gasteiger partial charge in [0, 0.05) is 32.6 Å². The highest BCUT2D eigenvalue weighted by atomic mass is 16.3. The molecule has 1 saturated heterocycles. The van der Waals surface area contributed by atoms with Crippen LogP contribution in [0, 0.1) is 0 Å². The fourth-order valence-electron chi connectivity index (χ4n) is 1.19. The van der Waals surface area contributed by atoms with Gasteiger partial charge in [0.15, 0.2) is 0 Å². The van der Waals surface area contributed by atoms with Crippen molar-refractivity contribution in [2.75, 3.05) is 26.7 Å². The van der Waals surface area contributed by atoms with Gasteiger partial charge in [0.05, 0.1) is 6.61 Å². The third-order valence-corrected chi connectivity index (χ3v) is 1.91. The van der Waals surface area contributed by atoms with Gasteiger partial charge < -0.3 is 15.3 Å². The number of nitrogens with one attached hydrogen (secondary N) is 1. The summed E-state index contributed by atoms with van der Waals surface area (Å²) in [5.74, 6) is 0.147. The third kappa shape index (κ3) is 2.17. The molecule has 1 heterocycles. The van der Waals surface area contributed by atoms with Crippen LogP contribution in [-0.2, 0) is 4.79 Å². The van der Waals surface area contributed by atoms with Gasteiger partial charge in [0.1, 0.15) is 0 Å². The van der Waals surface area contributed by atoms with E-state index in [9.17, 15) is 4.79 Å². The summed E-state index contributed by atoms with van der Waals surface area (Å²) in [6.07, 6.45) is 0.535. The van der Waals surface area contributed by atoms with Crippen LogP contribution in [0.5, 0.6) is 0 Å². The fraction of sp³-hybridized carbons (Fsp3) is 0.857. The van der Waals surface area contributed by atoms with Gasteiger partial charge in [-0.05, 0) is 0 Å². The molecule has 4 heteroatoms. The van der Waals surface area contributed by atoms with E-state index >= 15 is 0 Å². The molecule has 0 radical (unpaired) electrons. The molecule has 0 unspecified atom stereocenters. The quantitative estimate of drug-likeness (QED) is 0.504. The second-order valence-corrected chi connectivity index (χ2v) is 2.86. The second-order valence-electron chi connectivity index (χ2n) is 2.86. The van der Waals surface area contributed by atoms with Crippen LogP contribution in [0.1, 0.15) is 6.42 Å². The Hall–Kier alpha value is -0.610. The van der Waals surface area contributed by atoms with Crippen LogP contribution in [-0.4, -0.2) is 48.7 Å². The molecular weight excluding hydrogens is 144 g/mol. The lowest BCUT2D eigenvalue weighted by Crippen LogP contribution is -2.39. The van der Waals surface area contributed by atoms with Crippen molar-refractivity contribution in [2.45, 2.75) is 12.5 Å². The van der Waals surface area contributed by atoms with Gasteiger partial charge in [-0.25, -0.2) is 0 Å². The molecule has 11 heavy (non-hydrogen) atoms. The van der Waals surface area contributed by atoms with Gasteiger partial charge in [-0.15, -0.1) is 0 Å². The Morgan fingerprint density at radius 1 is 1.82 bits per heavy atom. The summed E-state index contributed by atoms with van der Waals surface area (Å²) in [7, 11) is 1.76. The number of likely N-dealkylation sites (N-methyl/N-ethyl adjacent to an activating group) is 1. The molecule has 0 spiro atoms. The molecule has 0 saturated carbocycles. The standard InChI is InChI=1S/C7H14N2O2/c1-9-4-6(5-10)8-3-2-7(9)11/h6,8,10H,2-5H2,1H3/t6-/m1/s1. The van der Waals surface area contributed by atoms with E-state index in [1.54, 1.807) is 11.9 Å². The van der Waals surface area contributed by atoms with E-state index in [0.717, 1.165) is 0 Å². The van der Waals surface area contributed by atoms with Gasteiger partial charge in [0.2, 0.25) is 5.91 Å². The van der Waals surface area contributed by atoms with Crippen LogP contribution in [0.2, 0.25) is 0 Å². The number of hydrogen-bond acceptors (Lipinski definition) is 3. The smallest absolute Gasteiger partial charge is 0.223 e. The molecule has 4 nitrogen and oxygen atoms in total. The van der Waals surface area contributed by atoms with E-state index in [2.05, 4.69) is 5.32 Å². The summed E-state index contributed by atoms with van der Waals surface area (Å²) >= 11 is 0. The number of aliphatic hydroxyl groups excluding tert-OH is 1. The Bertz CT molecular complexity index is 149. The highest BCUT2D eigenvalue weighted by molar-refractivity contribution is 5.76. The molecule has 0 aliphatic carbocycles. The van der Waals surface area contributed by atoms with Gasteiger partial charge in [-0.3, -0.25) is 4.79 Å². The van der Waals surface area contributed by atoms with E-state index in [1.807, 2.05) is 0 Å². The lowest BCUT2D eigenvalue weighted by Gasteiger charge is -2.18. The highest BCUT2D eigenvalue weighted by Crippen LogP contribution is 1.98. The second kappa shape index (κ2) is 3.69. The molecule has 0 aromatic rings. The summed E-state index contributed by atoms with van der Waals surface area (Å²) < 4.78 is 0. The number of nitrogens with zero attached hydrogens (tertiary/aromatic N) is 1. The maximum absolute atomic E-state index is 11.1. The van der Waals surface area contributed by atoms with Crippen molar-refractivity contribution < 1.29 is 9.90 Å². The lowest BCUT2D eigenvalue weighted by molar-refractivity contribution is -0.129. The van der Waals surface area contributed by atoms with Gasteiger partial charge in [-0.1, -0.05) is 0 Å². The molecule has 1 fully saturated rings. The Balaban J connectivity index is 2.48. The molecule has 1 atom stereocenters. The van der Waals surface area contributed by atoms with E-state index in [-0.39, 0.29) is 18.6 Å². The lowest BCUT2D eigenvalue weighted by atomic mass is 10.3. The molecule has 1 rings (SSSR count). The molecule has 2 N–H and O–H groups in total. The van der Waals surface area contributed by atoms with Crippen molar-refractivity contribution in [3.05, 3.63) is 0 Å². The van der Waals surface area contributed by atoms with Gasteiger partial charge >= 0.3 is 0 Å². The maximum atomic E-state index is 11.1. The minimum atomic E-state index is 0.0476. The summed E-state index contributed by atoms with van der Waals surface area (Å²) in [6, 6.07) is 0.0476. The van der Waals surface area contributed by atoms with Gasteiger partial charge in [0.25, 0.3) is 0 Å². The zero-order valence-corrected chi connectivity index (χ0v) is 6.71. The molecule has 0 aromatic carbocycles. The van der Waals surface area contributed by atoms with Crippen LogP contribution in [0.3, 0.4) is 0 Å². The number of carbonyl (C=O) groups is 1. The Morgan fingerprint density at radius 2 is 2.55 bits per heavy atom. The van der Waals surface area contributed by atoms with Crippen molar-refractivity contribution in [1.29, 1.82) is 0 Å². The van der Waals surface area contributed by atoms with Crippen LogP contribution >= 0.6 is 0 Å². The fourth-order valence-corrected chi connectivity index (χ4v) is 1.19. The van der Waals surface area contributed by atoms with Crippen LogP contribution in [0.25, 0.3) is 0 Å². The third-order valence-electron chi connectivity index (χ3n) is 1.91. The van der Waals surface area contributed by atoms with Crippen molar-refractivity contribution in [1.82, 2.24) is 10.2 Å². The molecule has 64 valence electrons. The summed E-state index contributed by atoms with van der Waals surface area (Å²) in [5, 5.41) is 11.9. The average Bonchev–Trinajstić information content (AvgIpc) is 2.15. The Kier molecular flexibility index (Phi) is 2.84. The normalized spacial score (nSPS) is 26.9. The first-order valence-corrected chi connectivity index (χ1v) is 3.82. The van der Waals surface area contributed by atoms with Crippen LogP contribution < -0.4 is 5.32 Å². The minimum Gasteiger partial charge on any atom is -0.395 e. The van der Waals surface area contributed by atoms with Crippen molar-refractivity contribution in [2.24, 2.45) is 0 Å². The zero-order chi connectivity index (χ0) is 8.27.